The second-order valence-electron chi connectivity index (χ2n) is 5.01. The van der Waals surface area contributed by atoms with Gasteiger partial charge in [0.1, 0.15) is 10.8 Å². The van der Waals surface area contributed by atoms with Gasteiger partial charge >= 0.3 is 0 Å². The molecule has 0 amide bonds. The van der Waals surface area contributed by atoms with Gasteiger partial charge in [0.05, 0.1) is 18.1 Å². The maximum atomic E-state index is 12.0. The normalized spacial score (nSPS) is 11.0. The van der Waals surface area contributed by atoms with E-state index in [0.717, 1.165) is 12.2 Å². The van der Waals surface area contributed by atoms with Crippen molar-refractivity contribution in [3.8, 4) is 0 Å². The van der Waals surface area contributed by atoms with E-state index in [1.807, 2.05) is 26.0 Å². The third kappa shape index (κ3) is 3.63. The Morgan fingerprint density at radius 1 is 1.50 bits per heavy atom. The molecule has 108 valence electrons. The topological polar surface area (TPSA) is 60.1 Å². The summed E-state index contributed by atoms with van der Waals surface area (Å²) in [6, 6.07) is 3.75. The third-order valence-corrected chi connectivity index (χ3v) is 3.16. The number of hydrogen-bond donors (Lipinski definition) is 1. The van der Waals surface area contributed by atoms with E-state index in [0.29, 0.717) is 24.7 Å². The summed E-state index contributed by atoms with van der Waals surface area (Å²) in [6.07, 6.45) is 3.95. The molecule has 1 N–H and O–H groups in total. The zero-order valence-electron chi connectivity index (χ0n) is 11.6. The molecule has 5 nitrogen and oxygen atoms in total. The molecule has 0 bridgehead atoms. The molecule has 2 rings (SSSR count). The Kier molecular flexibility index (Phi) is 4.84. The molecule has 2 aromatic heterocycles. The second kappa shape index (κ2) is 6.61. The number of hydrogen-bond acceptors (Lipinski definition) is 4. The highest BCUT2D eigenvalue weighted by molar-refractivity contribution is 6.32. The molecule has 0 atom stereocenters. The average Bonchev–Trinajstić information content (AvgIpc) is 2.90. The van der Waals surface area contributed by atoms with Crippen LogP contribution in [-0.4, -0.2) is 16.3 Å². The number of rotatable bonds is 6. The van der Waals surface area contributed by atoms with E-state index in [-0.39, 0.29) is 10.6 Å². The van der Waals surface area contributed by atoms with E-state index >= 15 is 0 Å². The molecular weight excluding hydrogens is 278 g/mol. The summed E-state index contributed by atoms with van der Waals surface area (Å²) in [7, 11) is 0. The number of furan rings is 1. The molecule has 0 fully saturated rings. The van der Waals surface area contributed by atoms with Crippen molar-refractivity contribution in [3.05, 3.63) is 45.7 Å². The first-order chi connectivity index (χ1) is 9.58. The van der Waals surface area contributed by atoms with Crippen LogP contribution in [0, 0.1) is 5.92 Å². The molecule has 0 saturated carbocycles. The van der Waals surface area contributed by atoms with Crippen LogP contribution in [0.5, 0.6) is 0 Å². The average molecular weight is 296 g/mol. The van der Waals surface area contributed by atoms with Crippen LogP contribution < -0.4 is 10.9 Å². The molecule has 0 radical (unpaired) electrons. The van der Waals surface area contributed by atoms with E-state index in [9.17, 15) is 4.79 Å². The van der Waals surface area contributed by atoms with Gasteiger partial charge in [-0.1, -0.05) is 25.4 Å². The van der Waals surface area contributed by atoms with E-state index < -0.39 is 0 Å². The van der Waals surface area contributed by atoms with Crippen LogP contribution in [0.4, 0.5) is 5.69 Å². The molecule has 0 aromatic carbocycles. The van der Waals surface area contributed by atoms with Crippen molar-refractivity contribution >= 4 is 17.3 Å². The van der Waals surface area contributed by atoms with Gasteiger partial charge in [-0.15, -0.1) is 0 Å². The van der Waals surface area contributed by atoms with Crippen molar-refractivity contribution in [1.29, 1.82) is 0 Å². The maximum Gasteiger partial charge on any atom is 0.287 e. The Morgan fingerprint density at radius 2 is 2.30 bits per heavy atom. The monoisotopic (exact) mass is 295 g/mol. The summed E-state index contributed by atoms with van der Waals surface area (Å²) in [4.78, 5) is 12.0. The molecule has 0 saturated heterocycles. The molecule has 0 aliphatic carbocycles. The van der Waals surface area contributed by atoms with Crippen molar-refractivity contribution < 1.29 is 4.42 Å². The van der Waals surface area contributed by atoms with E-state index in [1.165, 1.54) is 4.68 Å². The number of anilines is 1. The molecule has 2 aromatic rings. The quantitative estimate of drug-likeness (QED) is 0.890. The van der Waals surface area contributed by atoms with Gasteiger partial charge in [0.25, 0.3) is 5.56 Å². The van der Waals surface area contributed by atoms with E-state index in [2.05, 4.69) is 10.4 Å². The first-order valence-corrected chi connectivity index (χ1v) is 6.97. The molecular formula is C14H18ClN3O2. The lowest BCUT2D eigenvalue weighted by molar-refractivity contribution is 0.464. The first-order valence-electron chi connectivity index (χ1n) is 6.60. The molecule has 0 aliphatic heterocycles. The maximum absolute atomic E-state index is 12.0. The number of halogens is 1. The Labute approximate surface area is 122 Å². The van der Waals surface area contributed by atoms with Gasteiger partial charge in [0.2, 0.25) is 0 Å². The lowest BCUT2D eigenvalue weighted by Crippen LogP contribution is -2.26. The van der Waals surface area contributed by atoms with Crippen LogP contribution in [0.1, 0.15) is 19.6 Å². The van der Waals surface area contributed by atoms with Crippen LogP contribution in [0.2, 0.25) is 5.02 Å². The lowest BCUT2D eigenvalue weighted by Gasteiger charge is -2.11. The molecule has 0 aliphatic rings. The van der Waals surface area contributed by atoms with Gasteiger partial charge in [-0.3, -0.25) is 4.79 Å². The van der Waals surface area contributed by atoms with Gasteiger partial charge in [0, 0.05) is 19.5 Å². The number of nitrogens with zero attached hydrogens (tertiary/aromatic N) is 2. The van der Waals surface area contributed by atoms with Crippen molar-refractivity contribution in [2.45, 2.75) is 26.8 Å². The summed E-state index contributed by atoms with van der Waals surface area (Å²) in [5, 5.41) is 7.41. The van der Waals surface area contributed by atoms with E-state index in [4.69, 9.17) is 16.0 Å². The van der Waals surface area contributed by atoms with Crippen molar-refractivity contribution in [2.24, 2.45) is 5.92 Å². The van der Waals surface area contributed by atoms with Crippen molar-refractivity contribution in [1.82, 2.24) is 9.78 Å². The summed E-state index contributed by atoms with van der Waals surface area (Å²) in [6.45, 7) is 5.24. The smallest absolute Gasteiger partial charge is 0.287 e. The first kappa shape index (κ1) is 14.7. The van der Waals surface area contributed by atoms with E-state index in [1.54, 1.807) is 12.5 Å². The van der Waals surface area contributed by atoms with Gasteiger partial charge in [-0.05, 0) is 18.1 Å². The predicted octanol–water partition coefficient (Wildman–Crippen LogP) is 2.80. The molecule has 0 unspecified atom stereocenters. The molecule has 0 spiro atoms. The fourth-order valence-corrected chi connectivity index (χ4v) is 2.05. The summed E-state index contributed by atoms with van der Waals surface area (Å²) in [5.74, 6) is 1.23. The minimum Gasteiger partial charge on any atom is -0.469 e. The Bertz CT molecular complexity index is 605. The minimum absolute atomic E-state index is 0.181. The Morgan fingerprint density at radius 3 is 2.95 bits per heavy atom. The summed E-state index contributed by atoms with van der Waals surface area (Å²) >= 11 is 6.08. The number of aromatic nitrogens is 2. The summed E-state index contributed by atoms with van der Waals surface area (Å²) in [5.41, 5.74) is 0.298. The van der Waals surface area contributed by atoms with Crippen molar-refractivity contribution in [2.75, 3.05) is 11.9 Å². The zero-order chi connectivity index (χ0) is 14.5. The molecule has 20 heavy (non-hydrogen) atoms. The Hall–Kier alpha value is -1.75. The lowest BCUT2D eigenvalue weighted by atomic mass is 10.2. The van der Waals surface area contributed by atoms with Crippen LogP contribution in [0.15, 0.2) is 33.8 Å². The van der Waals surface area contributed by atoms with Gasteiger partial charge in [-0.25, -0.2) is 4.68 Å². The highest BCUT2D eigenvalue weighted by atomic mass is 35.5. The standard InChI is InChI=1S/C14H18ClN3O2/c1-10(2)9-18-14(19)13(15)12(8-17-18)16-6-5-11-4-3-7-20-11/h3-4,7-8,10,16H,5-6,9H2,1-2H3. The fourth-order valence-electron chi connectivity index (χ4n) is 1.84. The van der Waals surface area contributed by atoms with Gasteiger partial charge in [0.15, 0.2) is 0 Å². The molecule has 2 heterocycles. The third-order valence-electron chi connectivity index (χ3n) is 2.79. The highest BCUT2D eigenvalue weighted by Crippen LogP contribution is 2.15. The minimum atomic E-state index is -0.261. The van der Waals surface area contributed by atoms with Crippen LogP contribution in [0.25, 0.3) is 0 Å². The van der Waals surface area contributed by atoms with Crippen molar-refractivity contribution in [3.63, 3.8) is 0 Å². The largest absolute Gasteiger partial charge is 0.469 e. The number of nitrogens with one attached hydrogen (secondary N) is 1. The molecule has 6 heteroatoms. The zero-order valence-corrected chi connectivity index (χ0v) is 12.4. The second-order valence-corrected chi connectivity index (χ2v) is 5.39. The van der Waals surface area contributed by atoms with Crippen LogP contribution in [-0.2, 0) is 13.0 Å². The highest BCUT2D eigenvalue weighted by Gasteiger charge is 2.10. The summed E-state index contributed by atoms with van der Waals surface area (Å²) < 4.78 is 6.63. The SMILES string of the molecule is CC(C)Cn1ncc(NCCc2ccco2)c(Cl)c1=O. The van der Waals surface area contributed by atoms with Crippen LogP contribution in [0.3, 0.4) is 0 Å². The fraction of sp³-hybridized carbons (Fsp3) is 0.429. The van der Waals surface area contributed by atoms with Crippen LogP contribution >= 0.6 is 11.6 Å². The predicted molar refractivity (Wildman–Crippen MR) is 79.2 cm³/mol. The Balaban J connectivity index is 2.02. The van der Waals surface area contributed by atoms with Gasteiger partial charge in [-0.2, -0.15) is 5.10 Å². The van der Waals surface area contributed by atoms with Gasteiger partial charge < -0.3 is 9.73 Å².